The van der Waals surface area contributed by atoms with Crippen LogP contribution in [0.5, 0.6) is 0 Å². The molecule has 0 saturated heterocycles. The zero-order chi connectivity index (χ0) is 22.1. The summed E-state index contributed by atoms with van der Waals surface area (Å²) >= 11 is 1.61. The first-order valence-electron chi connectivity index (χ1n) is 10.3. The van der Waals surface area contributed by atoms with Crippen LogP contribution in [-0.4, -0.2) is 35.6 Å². The first-order chi connectivity index (χ1) is 15.5. The van der Waals surface area contributed by atoms with Crippen molar-refractivity contribution in [2.24, 2.45) is 7.05 Å². The van der Waals surface area contributed by atoms with Crippen LogP contribution in [0.15, 0.2) is 48.2 Å². The molecule has 1 aliphatic carbocycles. The van der Waals surface area contributed by atoms with Crippen LogP contribution in [0.1, 0.15) is 39.7 Å². The van der Waals surface area contributed by atoms with E-state index in [9.17, 15) is 4.79 Å². The van der Waals surface area contributed by atoms with Crippen LogP contribution in [0.2, 0.25) is 0 Å². The molecular formula is C22H22N8OS. The molecule has 0 atom stereocenters. The molecule has 5 rings (SSSR count). The number of hydrogen-bond donors (Lipinski definition) is 2. The minimum absolute atomic E-state index is 0.0958. The Bertz CT molecular complexity index is 1260. The van der Waals surface area contributed by atoms with E-state index < -0.39 is 0 Å². The fraction of sp³-hybridized carbons (Fsp3) is 0.273. The molecule has 9 nitrogen and oxygen atoms in total. The molecule has 0 bridgehead atoms. The summed E-state index contributed by atoms with van der Waals surface area (Å²) in [6.45, 7) is 2.44. The van der Waals surface area contributed by atoms with E-state index in [1.807, 2.05) is 48.2 Å². The van der Waals surface area contributed by atoms with E-state index in [1.54, 1.807) is 23.6 Å². The third-order valence-corrected chi connectivity index (χ3v) is 6.34. The topological polar surface area (TPSA) is 111 Å². The Balaban J connectivity index is 1.26. The van der Waals surface area contributed by atoms with Crippen LogP contribution in [0.25, 0.3) is 11.5 Å². The lowest BCUT2D eigenvalue weighted by atomic mass is 10.1. The van der Waals surface area contributed by atoms with Gasteiger partial charge < -0.3 is 15.2 Å². The van der Waals surface area contributed by atoms with E-state index in [4.69, 9.17) is 0 Å². The van der Waals surface area contributed by atoms with Gasteiger partial charge in [0, 0.05) is 29.9 Å². The molecule has 1 fully saturated rings. The Hall–Kier alpha value is -3.66. The van der Waals surface area contributed by atoms with E-state index in [0.29, 0.717) is 23.6 Å². The SMILES string of the molecule is Cc1nc(C2(NC(=O)c3cccc(NCc4nnc(-c5ccncn5)n4C)c3)CC2)cs1. The van der Waals surface area contributed by atoms with Crippen LogP contribution in [0.3, 0.4) is 0 Å². The third kappa shape index (κ3) is 3.96. The number of hydrogen-bond acceptors (Lipinski definition) is 8. The maximum absolute atomic E-state index is 12.9. The lowest BCUT2D eigenvalue weighted by molar-refractivity contribution is 0.0930. The van der Waals surface area contributed by atoms with Crippen molar-refractivity contribution in [3.63, 3.8) is 0 Å². The van der Waals surface area contributed by atoms with Crippen molar-refractivity contribution >= 4 is 22.9 Å². The molecule has 2 N–H and O–H groups in total. The monoisotopic (exact) mass is 446 g/mol. The number of thiazole rings is 1. The number of anilines is 1. The highest BCUT2D eigenvalue weighted by Gasteiger charge is 2.47. The number of aromatic nitrogens is 6. The van der Waals surface area contributed by atoms with Gasteiger partial charge in [0.05, 0.1) is 22.8 Å². The van der Waals surface area contributed by atoms with Gasteiger partial charge in [-0.25, -0.2) is 15.0 Å². The quantitative estimate of drug-likeness (QED) is 0.449. The lowest BCUT2D eigenvalue weighted by Crippen LogP contribution is -2.35. The predicted octanol–water partition coefficient (Wildman–Crippen LogP) is 3.07. The average Bonchev–Trinajstić information content (AvgIpc) is 3.29. The molecule has 0 unspecified atom stereocenters. The van der Waals surface area contributed by atoms with Crippen molar-refractivity contribution in [3.8, 4) is 11.5 Å². The number of nitrogens with one attached hydrogen (secondary N) is 2. The summed E-state index contributed by atoms with van der Waals surface area (Å²) in [4.78, 5) is 25.7. The van der Waals surface area contributed by atoms with E-state index in [1.165, 1.54) is 6.33 Å². The molecule has 1 aromatic carbocycles. The number of amides is 1. The van der Waals surface area contributed by atoms with Crippen molar-refractivity contribution in [3.05, 3.63) is 70.3 Å². The van der Waals surface area contributed by atoms with E-state index in [-0.39, 0.29) is 11.4 Å². The van der Waals surface area contributed by atoms with Gasteiger partial charge in [0.2, 0.25) is 0 Å². The molecule has 4 aromatic rings. The van der Waals surface area contributed by atoms with Crippen molar-refractivity contribution in [1.29, 1.82) is 0 Å². The molecule has 10 heteroatoms. The summed E-state index contributed by atoms with van der Waals surface area (Å²) in [7, 11) is 1.90. The Kier molecular flexibility index (Phi) is 5.14. The van der Waals surface area contributed by atoms with Gasteiger partial charge in [0.1, 0.15) is 12.0 Å². The number of benzene rings is 1. The molecule has 3 aromatic heterocycles. The highest BCUT2D eigenvalue weighted by molar-refractivity contribution is 7.09. The lowest BCUT2D eigenvalue weighted by Gasteiger charge is -2.16. The normalized spacial score (nSPS) is 14.2. The zero-order valence-electron chi connectivity index (χ0n) is 17.7. The van der Waals surface area contributed by atoms with Gasteiger partial charge >= 0.3 is 0 Å². The van der Waals surface area contributed by atoms with Gasteiger partial charge in [-0.05, 0) is 44.0 Å². The number of carbonyl (C=O) groups is 1. The van der Waals surface area contributed by atoms with Crippen LogP contribution >= 0.6 is 11.3 Å². The van der Waals surface area contributed by atoms with Crippen LogP contribution in [0, 0.1) is 6.92 Å². The van der Waals surface area contributed by atoms with Gasteiger partial charge in [-0.2, -0.15) is 0 Å². The summed E-state index contributed by atoms with van der Waals surface area (Å²) in [5, 5.41) is 18.1. The molecule has 0 radical (unpaired) electrons. The molecule has 0 aliphatic heterocycles. The molecule has 32 heavy (non-hydrogen) atoms. The van der Waals surface area contributed by atoms with Gasteiger partial charge in [0.15, 0.2) is 11.6 Å². The van der Waals surface area contributed by atoms with E-state index in [0.717, 1.165) is 35.1 Å². The average molecular weight is 447 g/mol. The van der Waals surface area contributed by atoms with Gasteiger partial charge in [0.25, 0.3) is 5.91 Å². The Morgan fingerprint density at radius 2 is 2.12 bits per heavy atom. The molecule has 1 aliphatic rings. The predicted molar refractivity (Wildman–Crippen MR) is 121 cm³/mol. The first-order valence-corrected chi connectivity index (χ1v) is 11.2. The first kappa shape index (κ1) is 20.3. The summed E-state index contributed by atoms with van der Waals surface area (Å²) < 4.78 is 1.89. The molecule has 162 valence electrons. The summed E-state index contributed by atoms with van der Waals surface area (Å²) in [5.41, 5.74) is 2.79. The Morgan fingerprint density at radius 3 is 2.84 bits per heavy atom. The van der Waals surface area contributed by atoms with E-state index in [2.05, 4.69) is 35.8 Å². The number of carbonyl (C=O) groups excluding carboxylic acids is 1. The largest absolute Gasteiger partial charge is 0.378 e. The summed E-state index contributed by atoms with van der Waals surface area (Å²) in [5.74, 6) is 1.33. The van der Waals surface area contributed by atoms with Crippen molar-refractivity contribution in [2.75, 3.05) is 5.32 Å². The highest BCUT2D eigenvalue weighted by Crippen LogP contribution is 2.45. The molecule has 1 saturated carbocycles. The Morgan fingerprint density at radius 1 is 1.25 bits per heavy atom. The second-order valence-corrected chi connectivity index (χ2v) is 8.88. The zero-order valence-corrected chi connectivity index (χ0v) is 18.6. The number of aryl methyl sites for hydroxylation is 1. The maximum Gasteiger partial charge on any atom is 0.252 e. The fourth-order valence-electron chi connectivity index (χ4n) is 3.56. The maximum atomic E-state index is 12.9. The minimum atomic E-state index is -0.318. The summed E-state index contributed by atoms with van der Waals surface area (Å²) in [6.07, 6.45) is 4.99. The molecule has 0 spiro atoms. The van der Waals surface area contributed by atoms with E-state index >= 15 is 0 Å². The third-order valence-electron chi connectivity index (χ3n) is 5.56. The van der Waals surface area contributed by atoms with Crippen molar-refractivity contribution < 1.29 is 4.79 Å². The second kappa shape index (κ2) is 8.12. The van der Waals surface area contributed by atoms with Crippen molar-refractivity contribution in [2.45, 2.75) is 31.8 Å². The van der Waals surface area contributed by atoms with Crippen LogP contribution < -0.4 is 10.6 Å². The van der Waals surface area contributed by atoms with Gasteiger partial charge in [-0.3, -0.25) is 4.79 Å². The smallest absolute Gasteiger partial charge is 0.252 e. The number of rotatable bonds is 7. The van der Waals surface area contributed by atoms with Gasteiger partial charge in [-0.1, -0.05) is 6.07 Å². The molecule has 1 amide bonds. The number of nitrogens with zero attached hydrogens (tertiary/aromatic N) is 6. The molecule has 3 heterocycles. The fourth-order valence-corrected chi connectivity index (χ4v) is 4.27. The standard InChI is InChI=1S/C22H22N8OS/c1-14-26-18(12-32-14)22(7-8-22)27-21(31)15-4-3-5-16(10-15)24-11-19-28-29-20(30(19)2)17-6-9-23-13-25-17/h3-6,9-10,12-13,24H,7-8,11H2,1-2H3,(H,27,31). The minimum Gasteiger partial charge on any atom is -0.378 e. The summed E-state index contributed by atoms with van der Waals surface area (Å²) in [6, 6.07) is 9.25. The Labute approximate surface area is 189 Å². The molecular weight excluding hydrogens is 424 g/mol. The van der Waals surface area contributed by atoms with Gasteiger partial charge in [-0.15, -0.1) is 21.5 Å². The second-order valence-electron chi connectivity index (χ2n) is 7.82. The highest BCUT2D eigenvalue weighted by atomic mass is 32.1. The van der Waals surface area contributed by atoms with Crippen LogP contribution in [0.4, 0.5) is 5.69 Å². The van der Waals surface area contributed by atoms with Crippen molar-refractivity contribution in [1.82, 2.24) is 35.0 Å². The van der Waals surface area contributed by atoms with Crippen LogP contribution in [-0.2, 0) is 19.1 Å².